The summed E-state index contributed by atoms with van der Waals surface area (Å²) in [5.41, 5.74) is -0.785. The molecule has 2 aliphatic rings. The Labute approximate surface area is 185 Å². The number of furan rings is 1. The van der Waals surface area contributed by atoms with E-state index in [4.69, 9.17) is 18.6 Å². The predicted octanol–water partition coefficient (Wildman–Crippen LogP) is 2.16. The third kappa shape index (κ3) is 4.78. The average molecular weight is 448 g/mol. The molecule has 0 saturated heterocycles. The third-order valence-corrected chi connectivity index (χ3v) is 5.85. The van der Waals surface area contributed by atoms with Crippen LogP contribution in [-0.4, -0.2) is 53.0 Å². The van der Waals surface area contributed by atoms with Gasteiger partial charge < -0.3 is 28.8 Å². The molecular weight excluding hydrogens is 420 g/mol. The Morgan fingerprint density at radius 3 is 2.59 bits per heavy atom. The van der Waals surface area contributed by atoms with Crippen LogP contribution in [0.1, 0.15) is 61.6 Å². The second kappa shape index (κ2) is 8.91. The standard InChI is InChI=1S/C23H28O9/c1-11(2)13-6-17(30-12(3)24)15-8-14(31-22(15)27)10-23(4,28)20(25)19-9-16(21(26)29-5)18(7-13)32-19/h8-9,13-14,17,20,25,28H,1,6-7,10H2,2-5H3. The van der Waals surface area contributed by atoms with Gasteiger partial charge in [0.05, 0.1) is 18.3 Å². The molecule has 9 heteroatoms. The molecule has 0 aliphatic carbocycles. The van der Waals surface area contributed by atoms with Crippen LogP contribution in [0.2, 0.25) is 0 Å². The van der Waals surface area contributed by atoms with Gasteiger partial charge in [0.25, 0.3) is 0 Å². The lowest BCUT2D eigenvalue weighted by Crippen LogP contribution is -2.36. The van der Waals surface area contributed by atoms with E-state index in [1.165, 1.54) is 33.1 Å². The molecule has 32 heavy (non-hydrogen) atoms. The van der Waals surface area contributed by atoms with Gasteiger partial charge in [-0.05, 0) is 38.3 Å². The van der Waals surface area contributed by atoms with E-state index in [-0.39, 0.29) is 47.8 Å². The van der Waals surface area contributed by atoms with E-state index in [9.17, 15) is 24.6 Å². The summed E-state index contributed by atoms with van der Waals surface area (Å²) in [4.78, 5) is 36.6. The Hall–Kier alpha value is -2.91. The van der Waals surface area contributed by atoms with Crippen molar-refractivity contribution in [2.24, 2.45) is 5.92 Å². The van der Waals surface area contributed by atoms with Crippen LogP contribution in [0, 0.1) is 5.92 Å². The van der Waals surface area contributed by atoms with Gasteiger partial charge in [-0.15, -0.1) is 0 Å². The summed E-state index contributed by atoms with van der Waals surface area (Å²) in [5.74, 6) is -2.03. The molecule has 1 aromatic rings. The van der Waals surface area contributed by atoms with Crippen molar-refractivity contribution in [1.29, 1.82) is 0 Å². The number of ether oxygens (including phenoxy) is 3. The first-order chi connectivity index (χ1) is 14.9. The molecule has 3 heterocycles. The number of aliphatic hydroxyl groups is 2. The number of methoxy groups -OCH3 is 1. The number of aliphatic hydroxyl groups excluding tert-OH is 1. The van der Waals surface area contributed by atoms with Crippen molar-refractivity contribution in [1.82, 2.24) is 0 Å². The summed E-state index contributed by atoms with van der Waals surface area (Å²) in [5, 5.41) is 21.8. The maximum Gasteiger partial charge on any atom is 0.341 e. The zero-order chi connectivity index (χ0) is 23.8. The second-order valence-corrected chi connectivity index (χ2v) is 8.59. The number of carbonyl (C=O) groups excluding carboxylic acids is 3. The molecule has 3 rings (SSSR count). The molecule has 174 valence electrons. The van der Waals surface area contributed by atoms with Crippen LogP contribution in [0.4, 0.5) is 0 Å². The van der Waals surface area contributed by atoms with Crippen LogP contribution in [-0.2, 0) is 30.2 Å². The molecule has 2 aliphatic heterocycles. The average Bonchev–Trinajstić information content (AvgIpc) is 3.27. The van der Waals surface area contributed by atoms with E-state index in [1.807, 2.05) is 0 Å². The van der Waals surface area contributed by atoms with Crippen LogP contribution in [0.5, 0.6) is 0 Å². The van der Waals surface area contributed by atoms with Gasteiger partial charge in [0, 0.05) is 19.8 Å². The number of carbonyl (C=O) groups is 3. The largest absolute Gasteiger partial charge is 0.465 e. The monoisotopic (exact) mass is 448 g/mol. The second-order valence-electron chi connectivity index (χ2n) is 8.59. The van der Waals surface area contributed by atoms with E-state index >= 15 is 0 Å². The molecule has 0 radical (unpaired) electrons. The molecule has 9 nitrogen and oxygen atoms in total. The predicted molar refractivity (Wildman–Crippen MR) is 110 cm³/mol. The maximum absolute atomic E-state index is 12.6. The van der Waals surface area contributed by atoms with Gasteiger partial charge in [-0.3, -0.25) is 4.79 Å². The maximum atomic E-state index is 12.6. The van der Waals surface area contributed by atoms with E-state index in [0.29, 0.717) is 5.57 Å². The lowest BCUT2D eigenvalue weighted by molar-refractivity contribution is -0.149. The highest BCUT2D eigenvalue weighted by atomic mass is 16.6. The number of rotatable bonds is 3. The lowest BCUT2D eigenvalue weighted by Gasteiger charge is -2.29. The summed E-state index contributed by atoms with van der Waals surface area (Å²) in [6.07, 6.45) is -1.56. The summed E-state index contributed by atoms with van der Waals surface area (Å²) < 4.78 is 21.4. The van der Waals surface area contributed by atoms with Gasteiger partial charge in [0.15, 0.2) is 0 Å². The Kier molecular flexibility index (Phi) is 6.61. The summed E-state index contributed by atoms with van der Waals surface area (Å²) in [6, 6.07) is 1.34. The number of allylic oxidation sites excluding steroid dienone is 1. The van der Waals surface area contributed by atoms with Gasteiger partial charge in [-0.1, -0.05) is 12.2 Å². The fourth-order valence-electron chi connectivity index (χ4n) is 4.07. The molecule has 5 unspecified atom stereocenters. The highest BCUT2D eigenvalue weighted by Gasteiger charge is 2.42. The van der Waals surface area contributed by atoms with Crippen molar-refractivity contribution >= 4 is 17.9 Å². The normalized spacial score (nSPS) is 30.2. The molecule has 0 saturated carbocycles. The summed E-state index contributed by atoms with van der Waals surface area (Å²) in [6.45, 7) is 8.38. The molecular formula is C23H28O9. The van der Waals surface area contributed by atoms with E-state index < -0.39 is 41.8 Å². The van der Waals surface area contributed by atoms with Crippen LogP contribution in [0.25, 0.3) is 0 Å². The number of fused-ring (bicyclic) bond motifs is 3. The zero-order valence-electron chi connectivity index (χ0n) is 18.5. The Morgan fingerprint density at radius 1 is 1.31 bits per heavy atom. The molecule has 5 atom stereocenters. The SMILES string of the molecule is C=C(C)C1Cc2oc(cc2C(=O)OC)C(O)C(C)(O)CC2C=C(C(=O)O2)C(OC(C)=O)C1. The van der Waals surface area contributed by atoms with Crippen molar-refractivity contribution in [2.75, 3.05) is 7.11 Å². The highest BCUT2D eigenvalue weighted by molar-refractivity contribution is 5.92. The van der Waals surface area contributed by atoms with Crippen molar-refractivity contribution in [3.8, 4) is 0 Å². The first kappa shape index (κ1) is 23.7. The minimum Gasteiger partial charge on any atom is -0.465 e. The Bertz CT molecular complexity index is 968. The number of hydrogen-bond donors (Lipinski definition) is 2. The molecule has 2 N–H and O–H groups in total. The summed E-state index contributed by atoms with van der Waals surface area (Å²) >= 11 is 0. The molecule has 0 amide bonds. The Balaban J connectivity index is 2.13. The number of hydrogen-bond acceptors (Lipinski definition) is 9. The van der Waals surface area contributed by atoms with E-state index in [1.54, 1.807) is 6.92 Å². The van der Waals surface area contributed by atoms with Gasteiger partial charge in [0.2, 0.25) is 0 Å². The van der Waals surface area contributed by atoms with E-state index in [0.717, 1.165) is 0 Å². The molecule has 0 fully saturated rings. The van der Waals surface area contributed by atoms with Crippen LogP contribution in [0.3, 0.4) is 0 Å². The van der Waals surface area contributed by atoms with Crippen LogP contribution < -0.4 is 0 Å². The third-order valence-electron chi connectivity index (χ3n) is 5.85. The first-order valence-electron chi connectivity index (χ1n) is 10.3. The minimum absolute atomic E-state index is 0.0184. The topological polar surface area (TPSA) is 132 Å². The fourth-order valence-corrected chi connectivity index (χ4v) is 4.07. The van der Waals surface area contributed by atoms with Crippen LogP contribution >= 0.6 is 0 Å². The molecule has 4 bridgehead atoms. The molecule has 1 aromatic heterocycles. The Morgan fingerprint density at radius 2 is 2.00 bits per heavy atom. The van der Waals surface area contributed by atoms with Crippen molar-refractivity contribution in [3.63, 3.8) is 0 Å². The van der Waals surface area contributed by atoms with Crippen LogP contribution in [0.15, 0.2) is 34.3 Å². The first-order valence-corrected chi connectivity index (χ1v) is 10.3. The number of esters is 3. The van der Waals surface area contributed by atoms with Gasteiger partial charge in [-0.25, -0.2) is 9.59 Å². The molecule has 0 spiro atoms. The van der Waals surface area contributed by atoms with E-state index in [2.05, 4.69) is 6.58 Å². The minimum atomic E-state index is -1.77. The quantitative estimate of drug-likeness (QED) is 0.405. The lowest BCUT2D eigenvalue weighted by atomic mass is 9.86. The highest BCUT2D eigenvalue weighted by Crippen LogP contribution is 2.38. The van der Waals surface area contributed by atoms with Crippen molar-refractivity contribution in [2.45, 2.75) is 63.9 Å². The zero-order valence-corrected chi connectivity index (χ0v) is 18.5. The van der Waals surface area contributed by atoms with Crippen molar-refractivity contribution in [3.05, 3.63) is 47.0 Å². The van der Waals surface area contributed by atoms with Gasteiger partial charge in [0.1, 0.15) is 35.4 Å². The van der Waals surface area contributed by atoms with Gasteiger partial charge >= 0.3 is 17.9 Å². The smallest absolute Gasteiger partial charge is 0.341 e. The van der Waals surface area contributed by atoms with Gasteiger partial charge in [-0.2, -0.15) is 0 Å². The summed E-state index contributed by atoms with van der Waals surface area (Å²) in [7, 11) is 1.23. The fraction of sp³-hybridized carbons (Fsp3) is 0.522. The van der Waals surface area contributed by atoms with Crippen molar-refractivity contribution < 1.29 is 43.2 Å². The molecule has 0 aromatic carbocycles.